The Labute approximate surface area is 155 Å². The first-order valence-electron chi connectivity index (χ1n) is 9.20. The van der Waals surface area contributed by atoms with Gasteiger partial charge in [0.1, 0.15) is 0 Å². The molecule has 0 radical (unpaired) electrons. The van der Waals surface area contributed by atoms with Crippen LogP contribution in [0.5, 0.6) is 0 Å². The van der Waals surface area contributed by atoms with Gasteiger partial charge in [-0.3, -0.25) is 0 Å². The lowest BCUT2D eigenvalue weighted by Crippen LogP contribution is -2.36. The second-order valence-electron chi connectivity index (χ2n) is 7.70. The van der Waals surface area contributed by atoms with E-state index >= 15 is 0 Å². The predicted molar refractivity (Wildman–Crippen MR) is 105 cm³/mol. The highest BCUT2D eigenvalue weighted by molar-refractivity contribution is 5.94. The summed E-state index contributed by atoms with van der Waals surface area (Å²) in [5.41, 5.74) is 7.13. The van der Waals surface area contributed by atoms with Gasteiger partial charge in [0, 0.05) is 0 Å². The van der Waals surface area contributed by atoms with Crippen LogP contribution >= 0.6 is 0 Å². The highest BCUT2D eigenvalue weighted by Crippen LogP contribution is 2.52. The number of carbonyl (C=O) groups is 1. The zero-order chi connectivity index (χ0) is 18.3. The fourth-order valence-electron chi connectivity index (χ4n) is 4.60. The van der Waals surface area contributed by atoms with Crippen molar-refractivity contribution < 1.29 is 9.53 Å². The number of esters is 1. The van der Waals surface area contributed by atoms with E-state index in [0.29, 0.717) is 11.5 Å². The molecule has 2 aliphatic carbocycles. The topological polar surface area (TPSA) is 26.3 Å². The fraction of sp³-hybridized carbons (Fsp3) is 0.292. The number of allylic oxidation sites excluding steroid dienone is 3. The molecule has 2 aromatic rings. The molecule has 132 valence electrons. The van der Waals surface area contributed by atoms with Crippen LogP contribution in [0, 0.1) is 5.92 Å². The Morgan fingerprint density at radius 1 is 1.08 bits per heavy atom. The quantitative estimate of drug-likeness (QED) is 0.529. The van der Waals surface area contributed by atoms with Crippen LogP contribution in [-0.2, 0) is 10.2 Å². The van der Waals surface area contributed by atoms with E-state index in [9.17, 15) is 4.79 Å². The Morgan fingerprint density at radius 2 is 1.85 bits per heavy atom. The molecule has 0 N–H and O–H groups in total. The van der Waals surface area contributed by atoms with Gasteiger partial charge in [0.15, 0.2) is 0 Å². The van der Waals surface area contributed by atoms with Crippen LogP contribution in [-0.4, -0.2) is 13.1 Å². The fourth-order valence-corrected chi connectivity index (χ4v) is 4.60. The van der Waals surface area contributed by atoms with Crippen LogP contribution < -0.4 is 0 Å². The lowest BCUT2D eigenvalue weighted by Gasteiger charge is -2.44. The van der Waals surface area contributed by atoms with E-state index in [2.05, 4.69) is 56.3 Å². The van der Waals surface area contributed by atoms with Crippen LogP contribution in [0.15, 0.2) is 66.3 Å². The molecule has 4 rings (SSSR count). The Morgan fingerprint density at radius 3 is 2.58 bits per heavy atom. The summed E-state index contributed by atoms with van der Waals surface area (Å²) in [7, 11) is 1.43. The molecule has 0 saturated carbocycles. The van der Waals surface area contributed by atoms with E-state index in [0.717, 1.165) is 12.8 Å². The molecule has 0 aromatic heterocycles. The maximum Gasteiger partial charge on any atom is 0.337 e. The minimum absolute atomic E-state index is 0.0301. The van der Waals surface area contributed by atoms with Gasteiger partial charge in [0.2, 0.25) is 0 Å². The Balaban J connectivity index is 2.02. The second-order valence-corrected chi connectivity index (χ2v) is 7.70. The first-order valence-corrected chi connectivity index (χ1v) is 9.20. The van der Waals surface area contributed by atoms with Crippen molar-refractivity contribution in [3.63, 3.8) is 0 Å². The molecule has 0 amide bonds. The summed E-state index contributed by atoms with van der Waals surface area (Å²) in [5.74, 6) is 0.202. The Hall–Kier alpha value is -2.61. The van der Waals surface area contributed by atoms with Crippen LogP contribution in [0.2, 0.25) is 0 Å². The molecule has 1 atom stereocenters. The summed E-state index contributed by atoms with van der Waals surface area (Å²) < 4.78 is 4.96. The molecule has 2 aliphatic rings. The van der Waals surface area contributed by atoms with Gasteiger partial charge in [-0.25, -0.2) is 4.79 Å². The van der Waals surface area contributed by atoms with Gasteiger partial charge in [-0.2, -0.15) is 0 Å². The highest BCUT2D eigenvalue weighted by Gasteiger charge is 2.41. The molecule has 0 aliphatic heterocycles. The normalized spacial score (nSPS) is 20.3. The maximum absolute atomic E-state index is 12.1. The van der Waals surface area contributed by atoms with Crippen molar-refractivity contribution in [2.24, 2.45) is 5.92 Å². The monoisotopic (exact) mass is 344 g/mol. The van der Waals surface area contributed by atoms with E-state index in [1.54, 1.807) is 0 Å². The molecule has 26 heavy (non-hydrogen) atoms. The van der Waals surface area contributed by atoms with Gasteiger partial charge in [0.05, 0.1) is 12.7 Å². The van der Waals surface area contributed by atoms with E-state index in [1.807, 2.05) is 18.2 Å². The average molecular weight is 344 g/mol. The molecule has 2 nitrogen and oxygen atoms in total. The number of hydrogen-bond acceptors (Lipinski definition) is 2. The standard InChI is InChI=1S/C24H24O2/c1-24(2)20-12-8-7-11-18(20)22(16-9-5-4-6-10-16)19-15-17(23(25)26-3)13-14-21(19)24/h4-10,13-15,20H,11-12H2,1-3H3. The average Bonchev–Trinajstić information content (AvgIpc) is 2.68. The van der Waals surface area contributed by atoms with Crippen molar-refractivity contribution in [1.82, 2.24) is 0 Å². The van der Waals surface area contributed by atoms with Crippen molar-refractivity contribution in [3.8, 4) is 0 Å². The van der Waals surface area contributed by atoms with Gasteiger partial charge in [-0.05, 0) is 58.6 Å². The highest BCUT2D eigenvalue weighted by atomic mass is 16.5. The van der Waals surface area contributed by atoms with Crippen LogP contribution in [0.3, 0.4) is 0 Å². The van der Waals surface area contributed by atoms with Crippen molar-refractivity contribution in [2.75, 3.05) is 7.11 Å². The second kappa shape index (κ2) is 6.28. The summed E-state index contributed by atoms with van der Waals surface area (Å²) in [6.45, 7) is 4.66. The Kier molecular flexibility index (Phi) is 4.07. The zero-order valence-electron chi connectivity index (χ0n) is 15.6. The molecular weight excluding hydrogens is 320 g/mol. The molecular formula is C24H24O2. The van der Waals surface area contributed by atoms with Gasteiger partial charge < -0.3 is 4.74 Å². The molecule has 0 bridgehead atoms. The molecule has 0 fully saturated rings. The SMILES string of the molecule is COC(=O)c1ccc2c(c1)C(c1ccccc1)=C1CC=CCC1C2(C)C. The lowest BCUT2D eigenvalue weighted by atomic mass is 9.59. The zero-order valence-corrected chi connectivity index (χ0v) is 15.6. The van der Waals surface area contributed by atoms with Crippen molar-refractivity contribution >= 4 is 11.5 Å². The van der Waals surface area contributed by atoms with Crippen LogP contribution in [0.25, 0.3) is 5.57 Å². The molecule has 0 spiro atoms. The summed E-state index contributed by atoms with van der Waals surface area (Å²) >= 11 is 0. The van der Waals surface area contributed by atoms with Crippen LogP contribution in [0.1, 0.15) is 53.7 Å². The van der Waals surface area contributed by atoms with Gasteiger partial charge in [-0.1, -0.05) is 68.0 Å². The number of rotatable bonds is 2. The molecule has 0 saturated heterocycles. The molecule has 1 unspecified atom stereocenters. The number of hydrogen-bond donors (Lipinski definition) is 0. The van der Waals surface area contributed by atoms with Crippen LogP contribution in [0.4, 0.5) is 0 Å². The molecule has 2 aromatic carbocycles. The van der Waals surface area contributed by atoms with Gasteiger partial charge >= 0.3 is 5.97 Å². The van der Waals surface area contributed by atoms with Crippen molar-refractivity contribution in [3.05, 3.63) is 88.5 Å². The smallest absolute Gasteiger partial charge is 0.337 e. The third-order valence-corrected chi connectivity index (χ3v) is 5.96. The minimum Gasteiger partial charge on any atom is -0.465 e. The molecule has 0 heterocycles. The number of ether oxygens (including phenoxy) is 1. The van der Waals surface area contributed by atoms with E-state index in [4.69, 9.17) is 4.74 Å². The third-order valence-electron chi connectivity index (χ3n) is 5.96. The number of methoxy groups -OCH3 is 1. The number of benzene rings is 2. The first kappa shape index (κ1) is 16.8. The largest absolute Gasteiger partial charge is 0.465 e. The summed E-state index contributed by atoms with van der Waals surface area (Å²) in [6, 6.07) is 16.6. The van der Waals surface area contributed by atoms with E-state index in [-0.39, 0.29) is 11.4 Å². The Bertz CT molecular complexity index is 916. The maximum atomic E-state index is 12.1. The number of carbonyl (C=O) groups excluding carboxylic acids is 1. The van der Waals surface area contributed by atoms with Gasteiger partial charge in [-0.15, -0.1) is 0 Å². The first-order chi connectivity index (χ1) is 12.5. The molecule has 2 heteroatoms. The van der Waals surface area contributed by atoms with E-state index < -0.39 is 0 Å². The van der Waals surface area contributed by atoms with Crippen molar-refractivity contribution in [1.29, 1.82) is 0 Å². The predicted octanol–water partition coefficient (Wildman–Crippen LogP) is 5.53. The van der Waals surface area contributed by atoms with E-state index in [1.165, 1.54) is 34.9 Å². The lowest BCUT2D eigenvalue weighted by molar-refractivity contribution is 0.0600. The summed E-state index contributed by atoms with van der Waals surface area (Å²) in [5, 5.41) is 0. The van der Waals surface area contributed by atoms with Crippen molar-refractivity contribution in [2.45, 2.75) is 32.1 Å². The minimum atomic E-state index is -0.284. The number of fused-ring (bicyclic) bond motifs is 2. The summed E-state index contributed by atoms with van der Waals surface area (Å²) in [4.78, 5) is 12.1. The summed E-state index contributed by atoms with van der Waals surface area (Å²) in [6.07, 6.45) is 6.63. The van der Waals surface area contributed by atoms with Gasteiger partial charge in [0.25, 0.3) is 0 Å². The third kappa shape index (κ3) is 2.52.